The van der Waals surface area contributed by atoms with Gasteiger partial charge in [-0.05, 0) is 48.4 Å². The maximum atomic E-state index is 5.45. The molecule has 3 heterocycles. The van der Waals surface area contributed by atoms with Crippen molar-refractivity contribution >= 4 is 10.9 Å². The molecule has 3 unspecified atom stereocenters. The zero-order valence-electron chi connectivity index (χ0n) is 14.7. The number of hydrogen-bond donors (Lipinski definition) is 1. The number of nitrogens with zero attached hydrogens (tertiary/aromatic N) is 1. The van der Waals surface area contributed by atoms with Crippen molar-refractivity contribution in [3.8, 4) is 5.75 Å². The lowest BCUT2D eigenvalue weighted by atomic mass is 9.77. The minimum absolute atomic E-state index is 0.634. The van der Waals surface area contributed by atoms with Crippen molar-refractivity contribution in [2.24, 2.45) is 11.8 Å². The van der Waals surface area contributed by atoms with E-state index in [0.717, 1.165) is 18.1 Å². The monoisotopic (exact) mass is 312 g/mol. The summed E-state index contributed by atoms with van der Waals surface area (Å²) >= 11 is 0. The highest BCUT2D eigenvalue weighted by Gasteiger charge is 2.41. The highest BCUT2D eigenvalue weighted by Crippen LogP contribution is 2.44. The first-order valence-electron chi connectivity index (χ1n) is 9.01. The number of rotatable bonds is 2. The van der Waals surface area contributed by atoms with Crippen LogP contribution in [0.1, 0.15) is 44.4 Å². The first-order chi connectivity index (χ1) is 11.1. The topological polar surface area (TPSA) is 28.3 Å². The van der Waals surface area contributed by atoms with Gasteiger partial charge in [-0.1, -0.05) is 20.8 Å². The average molecular weight is 312 g/mol. The molecule has 2 aromatic rings. The summed E-state index contributed by atoms with van der Waals surface area (Å²) in [5.74, 6) is 3.07. The van der Waals surface area contributed by atoms with Gasteiger partial charge in [0.1, 0.15) is 5.75 Å². The minimum Gasteiger partial charge on any atom is -0.497 e. The Morgan fingerprint density at radius 2 is 2.13 bits per heavy atom. The minimum atomic E-state index is 0.634. The number of ether oxygens (including phenoxy) is 1. The van der Waals surface area contributed by atoms with Gasteiger partial charge < -0.3 is 9.72 Å². The standard InChI is InChI=1S/C20H28N2O/c1-12(2)20-17-9-13(3)11-22(20)8-7-15-16-10-14(23-4)5-6-18(16)21-19(15)17/h5-6,10,12-13,17,20-21H,7-9,11H2,1-4H3/t13-,17?,20?/m0/s1. The van der Waals surface area contributed by atoms with E-state index in [1.807, 2.05) is 0 Å². The van der Waals surface area contributed by atoms with Crippen molar-refractivity contribution in [3.05, 3.63) is 29.5 Å². The molecule has 23 heavy (non-hydrogen) atoms. The summed E-state index contributed by atoms with van der Waals surface area (Å²) in [6.45, 7) is 9.62. The van der Waals surface area contributed by atoms with Crippen molar-refractivity contribution in [1.29, 1.82) is 0 Å². The summed E-state index contributed by atoms with van der Waals surface area (Å²) in [5, 5.41) is 1.36. The fraction of sp³-hybridized carbons (Fsp3) is 0.600. The predicted molar refractivity (Wildman–Crippen MR) is 95.3 cm³/mol. The molecule has 124 valence electrons. The normalized spacial score (nSPS) is 30.3. The van der Waals surface area contributed by atoms with Gasteiger partial charge in [-0.25, -0.2) is 0 Å². The van der Waals surface area contributed by atoms with Gasteiger partial charge in [-0.3, -0.25) is 4.90 Å². The summed E-state index contributed by atoms with van der Waals surface area (Å²) in [5.41, 5.74) is 4.30. The first kappa shape index (κ1) is 15.1. The number of H-pyrrole nitrogens is 1. The number of fused-ring (bicyclic) bond motifs is 6. The SMILES string of the molecule is COc1ccc2[nH]c3c(c2c1)CCN1C[C@@H](C)CC3C1C(C)C. The molecular formula is C20H28N2O. The van der Waals surface area contributed by atoms with Gasteiger partial charge in [0.15, 0.2) is 0 Å². The number of nitrogens with one attached hydrogen (secondary N) is 1. The van der Waals surface area contributed by atoms with Gasteiger partial charge >= 0.3 is 0 Å². The van der Waals surface area contributed by atoms with E-state index >= 15 is 0 Å². The van der Waals surface area contributed by atoms with Crippen LogP contribution in [0.15, 0.2) is 18.2 Å². The molecule has 1 fully saturated rings. The number of piperidine rings is 1. The van der Waals surface area contributed by atoms with Crippen LogP contribution in [0.3, 0.4) is 0 Å². The second kappa shape index (κ2) is 5.55. The van der Waals surface area contributed by atoms with E-state index in [-0.39, 0.29) is 0 Å². The van der Waals surface area contributed by atoms with Crippen molar-refractivity contribution in [2.45, 2.75) is 45.6 Å². The van der Waals surface area contributed by atoms with Gasteiger partial charge in [0.05, 0.1) is 7.11 Å². The fourth-order valence-electron chi connectivity index (χ4n) is 5.06. The Morgan fingerprint density at radius 1 is 1.30 bits per heavy atom. The number of hydrogen-bond acceptors (Lipinski definition) is 2. The third-order valence-electron chi connectivity index (χ3n) is 5.89. The van der Waals surface area contributed by atoms with Crippen LogP contribution in [0.25, 0.3) is 10.9 Å². The zero-order valence-corrected chi connectivity index (χ0v) is 14.7. The van der Waals surface area contributed by atoms with Crippen LogP contribution < -0.4 is 4.74 Å². The molecule has 0 saturated carbocycles. The summed E-state index contributed by atoms with van der Waals surface area (Å²) in [4.78, 5) is 6.54. The van der Waals surface area contributed by atoms with Gasteiger partial charge in [-0.2, -0.15) is 0 Å². The van der Waals surface area contributed by atoms with E-state index in [1.54, 1.807) is 7.11 Å². The number of methoxy groups -OCH3 is 1. The van der Waals surface area contributed by atoms with E-state index in [1.165, 1.54) is 41.7 Å². The molecular weight excluding hydrogens is 284 g/mol. The molecule has 1 aromatic heterocycles. The van der Waals surface area contributed by atoms with E-state index in [2.05, 4.69) is 48.9 Å². The predicted octanol–water partition coefficient (Wildman–Crippen LogP) is 4.18. The van der Waals surface area contributed by atoms with E-state index < -0.39 is 0 Å². The molecule has 2 aliphatic heterocycles. The van der Waals surface area contributed by atoms with E-state index in [4.69, 9.17) is 4.74 Å². The van der Waals surface area contributed by atoms with Crippen LogP contribution in [0, 0.1) is 11.8 Å². The third-order valence-corrected chi connectivity index (χ3v) is 5.89. The molecule has 0 aliphatic carbocycles. The molecule has 2 bridgehead atoms. The zero-order chi connectivity index (χ0) is 16.1. The Bertz CT molecular complexity index is 718. The summed E-state index contributed by atoms with van der Waals surface area (Å²) in [7, 11) is 1.75. The molecule has 1 saturated heterocycles. The Labute approximate surface area is 139 Å². The van der Waals surface area contributed by atoms with E-state index in [9.17, 15) is 0 Å². The van der Waals surface area contributed by atoms with Crippen LogP contribution >= 0.6 is 0 Å². The van der Waals surface area contributed by atoms with Gasteiger partial charge in [0.2, 0.25) is 0 Å². The third kappa shape index (κ3) is 2.37. The Kier molecular flexibility index (Phi) is 3.64. The Hall–Kier alpha value is -1.48. The molecule has 0 radical (unpaired) electrons. The second-order valence-electron chi connectivity index (χ2n) is 7.86. The van der Waals surface area contributed by atoms with Crippen LogP contribution in [-0.4, -0.2) is 36.1 Å². The number of aromatic amines is 1. The highest BCUT2D eigenvalue weighted by atomic mass is 16.5. The maximum absolute atomic E-state index is 5.45. The molecule has 4 atom stereocenters. The van der Waals surface area contributed by atoms with Crippen molar-refractivity contribution < 1.29 is 4.74 Å². The molecule has 0 spiro atoms. The van der Waals surface area contributed by atoms with Crippen LogP contribution in [0.5, 0.6) is 5.75 Å². The van der Waals surface area contributed by atoms with Gasteiger partial charge in [-0.15, -0.1) is 0 Å². The van der Waals surface area contributed by atoms with Crippen LogP contribution in [-0.2, 0) is 6.42 Å². The number of aromatic nitrogens is 1. The second-order valence-corrected chi connectivity index (χ2v) is 7.86. The molecule has 0 amide bonds. The summed E-state index contributed by atoms with van der Waals surface area (Å²) < 4.78 is 5.45. The molecule has 4 rings (SSSR count). The quantitative estimate of drug-likeness (QED) is 0.901. The van der Waals surface area contributed by atoms with Gasteiger partial charge in [0.25, 0.3) is 0 Å². The Balaban J connectivity index is 1.87. The van der Waals surface area contributed by atoms with Crippen molar-refractivity contribution in [2.75, 3.05) is 20.2 Å². The average Bonchev–Trinajstić information content (AvgIpc) is 2.84. The smallest absolute Gasteiger partial charge is 0.119 e. The van der Waals surface area contributed by atoms with Crippen LogP contribution in [0.2, 0.25) is 0 Å². The number of benzene rings is 1. The molecule has 1 aromatic carbocycles. The van der Waals surface area contributed by atoms with Crippen molar-refractivity contribution in [3.63, 3.8) is 0 Å². The first-order valence-corrected chi connectivity index (χ1v) is 9.01. The Morgan fingerprint density at radius 3 is 2.87 bits per heavy atom. The lowest BCUT2D eigenvalue weighted by Gasteiger charge is -2.44. The summed E-state index contributed by atoms with van der Waals surface area (Å²) in [6.07, 6.45) is 2.45. The summed E-state index contributed by atoms with van der Waals surface area (Å²) in [6, 6.07) is 7.12. The maximum Gasteiger partial charge on any atom is 0.119 e. The molecule has 3 nitrogen and oxygen atoms in total. The lowest BCUT2D eigenvalue weighted by Crippen LogP contribution is -2.49. The lowest BCUT2D eigenvalue weighted by molar-refractivity contribution is 0.0689. The van der Waals surface area contributed by atoms with Gasteiger partial charge in [0, 0.05) is 41.6 Å². The highest BCUT2D eigenvalue weighted by molar-refractivity contribution is 5.86. The molecule has 2 aliphatic rings. The largest absolute Gasteiger partial charge is 0.497 e. The fourth-order valence-corrected chi connectivity index (χ4v) is 5.06. The molecule has 1 N–H and O–H groups in total. The van der Waals surface area contributed by atoms with E-state index in [0.29, 0.717) is 17.9 Å². The van der Waals surface area contributed by atoms with Crippen LogP contribution in [0.4, 0.5) is 0 Å². The molecule has 3 heteroatoms. The van der Waals surface area contributed by atoms with Crippen molar-refractivity contribution in [1.82, 2.24) is 9.88 Å².